The van der Waals surface area contributed by atoms with Crippen LogP contribution in [0.2, 0.25) is 5.02 Å². The molecule has 1 aromatic carbocycles. The van der Waals surface area contributed by atoms with Crippen LogP contribution in [0, 0.1) is 17.7 Å². The first kappa shape index (κ1) is 25.0. The van der Waals surface area contributed by atoms with Crippen molar-refractivity contribution in [3.05, 3.63) is 34.7 Å². The van der Waals surface area contributed by atoms with Crippen LogP contribution in [0.4, 0.5) is 4.39 Å². The molecule has 0 bridgehead atoms. The lowest BCUT2D eigenvalue weighted by Gasteiger charge is -2.27. The number of hydrogen-bond donors (Lipinski definition) is 4. The molecule has 2 aliphatic rings. The number of ether oxygens (including phenoxy) is 1. The van der Waals surface area contributed by atoms with Gasteiger partial charge in [0.25, 0.3) is 5.91 Å². The fraction of sp³-hybridized carbons (Fsp3) is 0.500. The number of carbonyl (C=O) groups is 4. The van der Waals surface area contributed by atoms with E-state index in [1.165, 1.54) is 19.2 Å². The summed E-state index contributed by atoms with van der Waals surface area (Å²) in [4.78, 5) is 53.5. The molecule has 1 aromatic heterocycles. The molecule has 188 valence electrons. The first-order valence-electron chi connectivity index (χ1n) is 11.7. The van der Waals surface area contributed by atoms with E-state index in [9.17, 15) is 23.6 Å². The highest BCUT2D eigenvalue weighted by molar-refractivity contribution is 6.31. The van der Waals surface area contributed by atoms with Crippen molar-refractivity contribution in [1.29, 1.82) is 0 Å². The van der Waals surface area contributed by atoms with Gasteiger partial charge in [-0.05, 0) is 49.8 Å². The summed E-state index contributed by atoms with van der Waals surface area (Å²) in [7, 11) is 1.22. The second kappa shape index (κ2) is 10.6. The van der Waals surface area contributed by atoms with E-state index < -0.39 is 41.6 Å². The predicted octanol–water partition coefficient (Wildman–Crippen LogP) is 2.43. The van der Waals surface area contributed by atoms with Crippen molar-refractivity contribution < 1.29 is 28.3 Å². The minimum absolute atomic E-state index is 0.0816. The standard InChI is InChI=1S/C24H28ClFN4O5/c1-35-24(34)20(8-13-3-2-6-27-21(13)31)30-22(32)18(7-12-4-5-12)29-23(33)19-11-15-16(26)9-14(25)10-17(15)28-19/h9-13,18,20,28H,2-8H2,1H3,(H,27,31)(H,29,33)(H,30,32)/t13-,18?,20?/m0/s1. The Labute approximate surface area is 206 Å². The number of rotatable bonds is 9. The predicted molar refractivity (Wildman–Crippen MR) is 126 cm³/mol. The number of H-pyrrole nitrogens is 1. The Balaban J connectivity index is 1.48. The maximum absolute atomic E-state index is 14.2. The largest absolute Gasteiger partial charge is 0.467 e. The number of fused-ring (bicyclic) bond motifs is 1. The summed E-state index contributed by atoms with van der Waals surface area (Å²) in [6, 6.07) is 2.09. The first-order chi connectivity index (χ1) is 16.7. The van der Waals surface area contributed by atoms with Crippen molar-refractivity contribution in [1.82, 2.24) is 20.9 Å². The lowest BCUT2D eigenvalue weighted by atomic mass is 9.91. The van der Waals surface area contributed by atoms with E-state index in [-0.39, 0.29) is 34.3 Å². The smallest absolute Gasteiger partial charge is 0.328 e. The quantitative estimate of drug-likeness (QED) is 0.388. The third-order valence-electron chi connectivity index (χ3n) is 6.51. The summed E-state index contributed by atoms with van der Waals surface area (Å²) in [6.07, 6.45) is 3.79. The van der Waals surface area contributed by atoms with Gasteiger partial charge >= 0.3 is 5.97 Å². The van der Waals surface area contributed by atoms with Crippen molar-refractivity contribution in [3.8, 4) is 0 Å². The van der Waals surface area contributed by atoms with Gasteiger partial charge in [0.15, 0.2) is 0 Å². The molecule has 1 aliphatic carbocycles. The molecule has 4 N–H and O–H groups in total. The van der Waals surface area contributed by atoms with Gasteiger partial charge in [0, 0.05) is 22.9 Å². The number of esters is 1. The van der Waals surface area contributed by atoms with Crippen LogP contribution in [0.5, 0.6) is 0 Å². The molecule has 1 aliphatic heterocycles. The second-order valence-corrected chi connectivity index (χ2v) is 9.62. The minimum Gasteiger partial charge on any atom is -0.467 e. The number of benzene rings is 1. The number of piperidine rings is 1. The van der Waals surface area contributed by atoms with E-state index in [2.05, 4.69) is 20.9 Å². The highest BCUT2D eigenvalue weighted by Gasteiger charge is 2.35. The first-order valence-corrected chi connectivity index (χ1v) is 12.1. The zero-order valence-corrected chi connectivity index (χ0v) is 20.0. The summed E-state index contributed by atoms with van der Waals surface area (Å²) in [5.41, 5.74) is 0.443. The van der Waals surface area contributed by atoms with Gasteiger partial charge in [0.1, 0.15) is 23.6 Å². The third kappa shape index (κ3) is 6.11. The van der Waals surface area contributed by atoms with Crippen molar-refractivity contribution in [2.45, 2.75) is 50.6 Å². The van der Waals surface area contributed by atoms with Crippen LogP contribution in [0.15, 0.2) is 18.2 Å². The number of nitrogens with one attached hydrogen (secondary N) is 4. The zero-order chi connectivity index (χ0) is 25.1. The zero-order valence-electron chi connectivity index (χ0n) is 19.3. The maximum Gasteiger partial charge on any atom is 0.328 e. The van der Waals surface area contributed by atoms with Crippen molar-refractivity contribution >= 4 is 46.2 Å². The van der Waals surface area contributed by atoms with E-state index >= 15 is 0 Å². The van der Waals surface area contributed by atoms with Crippen LogP contribution in [-0.4, -0.2) is 54.4 Å². The van der Waals surface area contributed by atoms with E-state index in [1.807, 2.05) is 0 Å². The molecule has 3 amide bonds. The van der Waals surface area contributed by atoms with E-state index in [0.29, 0.717) is 24.9 Å². The topological polar surface area (TPSA) is 129 Å². The number of carbonyl (C=O) groups excluding carboxylic acids is 4. The Hall–Kier alpha value is -3.14. The molecular formula is C24H28ClFN4O5. The Morgan fingerprint density at radius 3 is 2.60 bits per heavy atom. The highest BCUT2D eigenvalue weighted by atomic mass is 35.5. The third-order valence-corrected chi connectivity index (χ3v) is 6.72. The summed E-state index contributed by atoms with van der Waals surface area (Å²) in [5.74, 6) is -2.64. The van der Waals surface area contributed by atoms with Gasteiger partial charge < -0.3 is 25.7 Å². The van der Waals surface area contributed by atoms with Crippen LogP contribution in [0.25, 0.3) is 10.9 Å². The fourth-order valence-electron chi connectivity index (χ4n) is 4.41. The molecule has 2 fully saturated rings. The average Bonchev–Trinajstić information content (AvgIpc) is 3.54. The highest BCUT2D eigenvalue weighted by Crippen LogP contribution is 2.34. The molecule has 1 saturated heterocycles. The van der Waals surface area contributed by atoms with Crippen LogP contribution in [0.3, 0.4) is 0 Å². The number of hydrogen-bond acceptors (Lipinski definition) is 5. The molecular weight excluding hydrogens is 479 g/mol. The molecule has 35 heavy (non-hydrogen) atoms. The molecule has 4 rings (SSSR count). The molecule has 0 spiro atoms. The number of aromatic amines is 1. The average molecular weight is 507 g/mol. The Morgan fingerprint density at radius 2 is 1.91 bits per heavy atom. The number of aromatic nitrogens is 1. The number of amides is 3. The van der Waals surface area contributed by atoms with Crippen LogP contribution in [-0.2, 0) is 19.1 Å². The molecule has 2 unspecified atom stereocenters. The van der Waals surface area contributed by atoms with Gasteiger partial charge in [0.2, 0.25) is 11.8 Å². The Kier molecular flexibility index (Phi) is 7.59. The van der Waals surface area contributed by atoms with E-state index in [0.717, 1.165) is 25.3 Å². The van der Waals surface area contributed by atoms with E-state index in [4.69, 9.17) is 16.3 Å². The van der Waals surface area contributed by atoms with Gasteiger partial charge in [0.05, 0.1) is 12.6 Å². The molecule has 0 radical (unpaired) electrons. The lowest BCUT2D eigenvalue weighted by molar-refractivity contribution is -0.146. The molecule has 2 heterocycles. The molecule has 3 atom stereocenters. The summed E-state index contributed by atoms with van der Waals surface area (Å²) >= 11 is 5.89. The summed E-state index contributed by atoms with van der Waals surface area (Å²) in [6.45, 7) is 0.587. The lowest BCUT2D eigenvalue weighted by Crippen LogP contribution is -2.53. The Morgan fingerprint density at radius 1 is 1.14 bits per heavy atom. The maximum atomic E-state index is 14.2. The summed E-state index contributed by atoms with van der Waals surface area (Å²) < 4.78 is 19.0. The van der Waals surface area contributed by atoms with Gasteiger partial charge in [-0.1, -0.05) is 24.4 Å². The number of halogens is 2. The van der Waals surface area contributed by atoms with Gasteiger partial charge in [-0.15, -0.1) is 0 Å². The van der Waals surface area contributed by atoms with Crippen molar-refractivity contribution in [3.63, 3.8) is 0 Å². The molecule has 1 saturated carbocycles. The van der Waals surface area contributed by atoms with E-state index in [1.54, 1.807) is 0 Å². The molecule has 2 aromatic rings. The molecule has 11 heteroatoms. The monoisotopic (exact) mass is 506 g/mol. The fourth-order valence-corrected chi connectivity index (χ4v) is 4.62. The van der Waals surface area contributed by atoms with Gasteiger partial charge in [-0.3, -0.25) is 14.4 Å². The summed E-state index contributed by atoms with van der Waals surface area (Å²) in [5, 5.41) is 8.54. The van der Waals surface area contributed by atoms with Crippen LogP contribution < -0.4 is 16.0 Å². The normalized spacial score (nSPS) is 19.5. The van der Waals surface area contributed by atoms with Crippen LogP contribution in [0.1, 0.15) is 49.0 Å². The van der Waals surface area contributed by atoms with Gasteiger partial charge in [-0.2, -0.15) is 0 Å². The van der Waals surface area contributed by atoms with Crippen molar-refractivity contribution in [2.24, 2.45) is 11.8 Å². The van der Waals surface area contributed by atoms with Gasteiger partial charge in [-0.25, -0.2) is 9.18 Å². The van der Waals surface area contributed by atoms with Crippen molar-refractivity contribution in [2.75, 3.05) is 13.7 Å². The minimum atomic E-state index is -1.02. The number of methoxy groups -OCH3 is 1. The second-order valence-electron chi connectivity index (χ2n) is 9.19. The molecule has 9 nitrogen and oxygen atoms in total. The van der Waals surface area contributed by atoms with Crippen LogP contribution >= 0.6 is 11.6 Å². The Bertz CT molecular complexity index is 1150. The SMILES string of the molecule is COC(=O)C(C[C@@H]1CCCNC1=O)NC(=O)C(CC1CC1)NC(=O)c1cc2c(F)cc(Cl)cc2[nH]1.